The maximum absolute atomic E-state index is 3.58. The van der Waals surface area contributed by atoms with Crippen molar-refractivity contribution in [1.29, 1.82) is 0 Å². The van der Waals surface area contributed by atoms with Gasteiger partial charge in [-0.25, -0.2) is 0 Å². The zero-order valence-corrected chi connectivity index (χ0v) is 21.4. The molecule has 0 aromatic heterocycles. The molecule has 136 valence electrons. The van der Waals surface area contributed by atoms with E-state index in [1.807, 2.05) is 0 Å². The number of hydrogen-bond acceptors (Lipinski definition) is 0. The molecule has 1 heteroatoms. The third-order valence-electron chi connectivity index (χ3n) is 2.50. The van der Waals surface area contributed by atoms with Crippen LogP contribution >= 0.6 is 0 Å². The average Bonchev–Trinajstić information content (AvgIpc) is 2.33. The van der Waals surface area contributed by atoms with Crippen LogP contribution in [0.15, 0.2) is 0 Å². The van der Waals surface area contributed by atoms with Gasteiger partial charge in [0.25, 0.3) is 0 Å². The Bertz CT molecular complexity index is 573. The minimum atomic E-state index is -3.58. The first-order chi connectivity index (χ1) is 10.8. The molecule has 0 fully saturated rings. The summed E-state index contributed by atoms with van der Waals surface area (Å²) < 4.78 is 14.1. The molecule has 0 N–H and O–H groups in total. The van der Waals surface area contributed by atoms with Gasteiger partial charge in [0, 0.05) is 0 Å². The van der Waals surface area contributed by atoms with Crippen LogP contribution in [-0.4, -0.2) is 18.4 Å². The summed E-state index contributed by atoms with van der Waals surface area (Å²) >= 11 is -3.58. The van der Waals surface area contributed by atoms with Gasteiger partial charge in [0.1, 0.15) is 0 Å². The Morgan fingerprint density at radius 3 is 0.640 bits per heavy atom. The van der Waals surface area contributed by atoms with E-state index in [0.29, 0.717) is 0 Å². The summed E-state index contributed by atoms with van der Waals surface area (Å²) in [5.74, 6) is 13.6. The van der Waals surface area contributed by atoms with Gasteiger partial charge in [-0.2, -0.15) is 0 Å². The summed E-state index contributed by atoms with van der Waals surface area (Å²) in [6.45, 7) is 25.5. The third-order valence-corrected chi connectivity index (χ3v) is 8.21. The molecule has 0 spiro atoms. The van der Waals surface area contributed by atoms with E-state index in [0.717, 1.165) is 0 Å². The molecular formula is C24H36Sn. The van der Waals surface area contributed by atoms with Crippen LogP contribution in [0.2, 0.25) is 0 Å². The molecule has 0 saturated heterocycles. The topological polar surface area (TPSA) is 0 Å². The molecule has 0 aromatic carbocycles. The van der Waals surface area contributed by atoms with Crippen LogP contribution in [0.3, 0.4) is 0 Å². The standard InChI is InChI=1S/4C6H9.Sn/c4*1-5-6(2,3)4;/h4*2-4H3;. The van der Waals surface area contributed by atoms with E-state index < -0.39 is 18.4 Å². The predicted molar refractivity (Wildman–Crippen MR) is 115 cm³/mol. The van der Waals surface area contributed by atoms with Gasteiger partial charge in [0.2, 0.25) is 0 Å². The summed E-state index contributed by atoms with van der Waals surface area (Å²) in [5.41, 5.74) is -0.284. The zero-order chi connectivity index (χ0) is 20.2. The minimum absolute atomic E-state index is 0.0710. The van der Waals surface area contributed by atoms with Crippen LogP contribution < -0.4 is 0 Å². The second-order valence-corrected chi connectivity index (χ2v) is 17.9. The van der Waals surface area contributed by atoms with Gasteiger partial charge in [0.15, 0.2) is 0 Å². The van der Waals surface area contributed by atoms with Crippen LogP contribution in [-0.2, 0) is 0 Å². The van der Waals surface area contributed by atoms with Crippen LogP contribution in [0.1, 0.15) is 83.1 Å². The van der Waals surface area contributed by atoms with Crippen molar-refractivity contribution in [3.8, 4) is 39.4 Å². The summed E-state index contributed by atoms with van der Waals surface area (Å²) in [6.07, 6.45) is 0. The zero-order valence-electron chi connectivity index (χ0n) is 18.5. The Labute approximate surface area is 162 Å². The van der Waals surface area contributed by atoms with Crippen LogP contribution in [0.25, 0.3) is 0 Å². The van der Waals surface area contributed by atoms with E-state index in [2.05, 4.69) is 123 Å². The molecule has 0 aromatic rings. The van der Waals surface area contributed by atoms with Crippen molar-refractivity contribution in [3.05, 3.63) is 0 Å². The molecule has 0 rings (SSSR count). The first-order valence-electron chi connectivity index (χ1n) is 9.00. The van der Waals surface area contributed by atoms with E-state index >= 15 is 0 Å². The predicted octanol–water partition coefficient (Wildman–Crippen LogP) is 5.79. The van der Waals surface area contributed by atoms with Gasteiger partial charge in [-0.3, -0.25) is 0 Å². The maximum atomic E-state index is 3.53. The second-order valence-electron chi connectivity index (χ2n) is 10.8. The van der Waals surface area contributed by atoms with Gasteiger partial charge in [0.05, 0.1) is 0 Å². The van der Waals surface area contributed by atoms with Gasteiger partial charge in [-0.1, -0.05) is 0 Å². The molecule has 25 heavy (non-hydrogen) atoms. The summed E-state index contributed by atoms with van der Waals surface area (Å²) in [4.78, 5) is 0. The first-order valence-corrected chi connectivity index (χ1v) is 14.7. The van der Waals surface area contributed by atoms with Crippen molar-refractivity contribution in [2.75, 3.05) is 0 Å². The Kier molecular flexibility index (Phi) is 7.84. The van der Waals surface area contributed by atoms with Crippen LogP contribution in [0.4, 0.5) is 0 Å². The van der Waals surface area contributed by atoms with Crippen molar-refractivity contribution in [2.45, 2.75) is 83.1 Å². The molecule has 0 aliphatic heterocycles. The van der Waals surface area contributed by atoms with E-state index in [9.17, 15) is 0 Å². The fourth-order valence-electron chi connectivity index (χ4n) is 1.31. The molecule has 0 amide bonds. The van der Waals surface area contributed by atoms with E-state index in [1.54, 1.807) is 0 Å². The molecule has 0 unspecified atom stereocenters. The molecule has 0 atom stereocenters. The van der Waals surface area contributed by atoms with Gasteiger partial charge >= 0.3 is 163 Å². The molecule has 0 saturated carbocycles. The Morgan fingerprint density at radius 1 is 0.360 bits per heavy atom. The normalized spacial score (nSPS) is 12.3. The summed E-state index contributed by atoms with van der Waals surface area (Å²) in [5, 5.41) is 0. The van der Waals surface area contributed by atoms with Gasteiger partial charge in [-0.05, 0) is 0 Å². The Morgan fingerprint density at radius 2 is 0.520 bits per heavy atom. The molecule has 0 radical (unpaired) electrons. The van der Waals surface area contributed by atoms with Crippen LogP contribution in [0, 0.1) is 61.1 Å². The van der Waals surface area contributed by atoms with Crippen molar-refractivity contribution < 1.29 is 0 Å². The first kappa shape index (κ1) is 24.0. The van der Waals surface area contributed by atoms with Gasteiger partial charge in [-0.15, -0.1) is 0 Å². The van der Waals surface area contributed by atoms with Crippen molar-refractivity contribution in [3.63, 3.8) is 0 Å². The molecule has 0 aliphatic carbocycles. The summed E-state index contributed by atoms with van der Waals surface area (Å²) in [6, 6.07) is 0. The van der Waals surface area contributed by atoms with Crippen molar-refractivity contribution in [2.24, 2.45) is 21.7 Å². The fourth-order valence-corrected chi connectivity index (χ4v) is 8.80. The van der Waals surface area contributed by atoms with Crippen molar-refractivity contribution in [1.82, 2.24) is 0 Å². The summed E-state index contributed by atoms with van der Waals surface area (Å²) in [7, 11) is 0. The molecule has 0 heterocycles. The Balaban J connectivity index is 6.66. The third kappa shape index (κ3) is 13.9. The molecule has 0 aliphatic rings. The van der Waals surface area contributed by atoms with E-state index in [1.165, 1.54) is 0 Å². The molecule has 0 nitrogen and oxygen atoms in total. The quantitative estimate of drug-likeness (QED) is 0.329. The van der Waals surface area contributed by atoms with E-state index in [4.69, 9.17) is 0 Å². The molecular weight excluding hydrogens is 407 g/mol. The number of rotatable bonds is 0. The van der Waals surface area contributed by atoms with Crippen LogP contribution in [0.5, 0.6) is 0 Å². The number of hydrogen-bond donors (Lipinski definition) is 0. The monoisotopic (exact) mass is 444 g/mol. The van der Waals surface area contributed by atoms with Crippen molar-refractivity contribution >= 4 is 18.4 Å². The van der Waals surface area contributed by atoms with Gasteiger partial charge < -0.3 is 0 Å². The Hall–Kier alpha value is -0.961. The fraction of sp³-hybridized carbons (Fsp3) is 0.667. The van der Waals surface area contributed by atoms with E-state index in [-0.39, 0.29) is 21.7 Å². The second kappa shape index (κ2) is 8.16. The SMILES string of the molecule is CC(C)(C)C#[C][Sn]([C]#CC(C)(C)C)([C]#CC(C)(C)C)[C]#CC(C)(C)C. The molecule has 0 bridgehead atoms. The average molecular weight is 443 g/mol.